The number of carbonyl (C=O) groups excluding carboxylic acids is 1. The van der Waals surface area contributed by atoms with E-state index in [0.29, 0.717) is 0 Å². The van der Waals surface area contributed by atoms with E-state index in [4.69, 9.17) is 4.74 Å². The lowest BCUT2D eigenvalue weighted by molar-refractivity contribution is -0.146. The van der Waals surface area contributed by atoms with E-state index < -0.39 is 11.9 Å². The number of rotatable bonds is 5. The van der Waals surface area contributed by atoms with E-state index in [1.165, 1.54) is 0 Å². The van der Waals surface area contributed by atoms with Crippen LogP contribution >= 0.6 is 0 Å². The van der Waals surface area contributed by atoms with Gasteiger partial charge in [-0.15, -0.1) is 0 Å². The molecule has 4 nitrogen and oxygen atoms in total. The molecule has 0 aliphatic rings. The van der Waals surface area contributed by atoms with Crippen LogP contribution in [0.4, 0.5) is 0 Å². The minimum Gasteiger partial charge on any atom is -0.465 e. The summed E-state index contributed by atoms with van der Waals surface area (Å²) in [4.78, 5) is 15.6. The molecule has 0 fully saturated rings. The fourth-order valence-electron chi connectivity index (χ4n) is 3.06. The van der Waals surface area contributed by atoms with Gasteiger partial charge < -0.3 is 9.72 Å². The van der Waals surface area contributed by atoms with Gasteiger partial charge >= 0.3 is 5.97 Å². The van der Waals surface area contributed by atoms with Gasteiger partial charge in [0.2, 0.25) is 0 Å². The summed E-state index contributed by atoms with van der Waals surface area (Å²) in [6, 6.07) is 19.7. The number of nitrogens with zero attached hydrogens (tertiary/aromatic N) is 1. The zero-order chi connectivity index (χ0) is 16.9. The number of hydrogen-bond acceptors (Lipinski definition) is 3. The Morgan fingerprint density at radius 3 is 2.58 bits per heavy atom. The minimum absolute atomic E-state index is 0.256. The number of fused-ring (bicyclic) bond motifs is 1. The summed E-state index contributed by atoms with van der Waals surface area (Å²) in [5.41, 5.74) is 2.83. The van der Waals surface area contributed by atoms with Gasteiger partial charge in [0.25, 0.3) is 0 Å². The number of ether oxygens (including phenoxy) is 1. The van der Waals surface area contributed by atoms with Crippen LogP contribution in [0.15, 0.2) is 60.8 Å². The molecule has 0 aliphatic carbocycles. The fraction of sp³-hybridized carbons (Fsp3) is 0.200. The number of aromatic amines is 1. The molecule has 1 heterocycles. The quantitative estimate of drug-likeness (QED) is 0.723. The normalized spacial score (nSPS) is 13.2. The second-order valence-corrected chi connectivity index (χ2v) is 5.54. The van der Waals surface area contributed by atoms with Crippen molar-refractivity contribution < 1.29 is 9.53 Å². The Morgan fingerprint density at radius 1 is 1.17 bits per heavy atom. The first-order chi connectivity index (χ1) is 11.8. The summed E-state index contributed by atoms with van der Waals surface area (Å²) in [6.07, 6.45) is 1.88. The number of nitrogens with one attached hydrogen (secondary N) is 1. The van der Waals surface area contributed by atoms with Crippen LogP contribution in [-0.2, 0) is 9.53 Å². The lowest BCUT2D eigenvalue weighted by Gasteiger charge is -2.21. The first kappa shape index (κ1) is 15.8. The molecule has 0 saturated heterocycles. The van der Waals surface area contributed by atoms with Crippen molar-refractivity contribution in [2.45, 2.75) is 12.8 Å². The van der Waals surface area contributed by atoms with Gasteiger partial charge in [0.1, 0.15) is 0 Å². The molecular formula is C20H18N2O2. The average molecular weight is 318 g/mol. The molecule has 0 amide bonds. The highest BCUT2D eigenvalue weighted by molar-refractivity contribution is 5.86. The number of esters is 1. The fourth-order valence-corrected chi connectivity index (χ4v) is 3.06. The van der Waals surface area contributed by atoms with Gasteiger partial charge in [-0.2, -0.15) is 5.26 Å². The van der Waals surface area contributed by atoms with E-state index in [-0.39, 0.29) is 12.5 Å². The third kappa shape index (κ3) is 2.89. The van der Waals surface area contributed by atoms with Crippen LogP contribution in [0, 0.1) is 17.2 Å². The van der Waals surface area contributed by atoms with Crippen molar-refractivity contribution in [3.63, 3.8) is 0 Å². The van der Waals surface area contributed by atoms with Gasteiger partial charge in [-0.1, -0.05) is 48.5 Å². The number of aromatic nitrogens is 1. The molecule has 2 aromatic carbocycles. The Bertz CT molecular complexity index is 877. The molecule has 4 heteroatoms. The van der Waals surface area contributed by atoms with E-state index in [2.05, 4.69) is 11.1 Å². The molecule has 0 radical (unpaired) electrons. The van der Waals surface area contributed by atoms with E-state index in [0.717, 1.165) is 22.0 Å². The number of carbonyl (C=O) groups is 1. The molecule has 0 aliphatic heterocycles. The van der Waals surface area contributed by atoms with Gasteiger partial charge in [-0.3, -0.25) is 4.79 Å². The number of hydrogen-bond donors (Lipinski definition) is 1. The van der Waals surface area contributed by atoms with Gasteiger partial charge in [-0.05, 0) is 24.1 Å². The van der Waals surface area contributed by atoms with Crippen molar-refractivity contribution in [1.82, 2.24) is 4.98 Å². The summed E-state index contributed by atoms with van der Waals surface area (Å²) < 4.78 is 5.14. The van der Waals surface area contributed by atoms with Crippen LogP contribution in [0.5, 0.6) is 0 Å². The maximum absolute atomic E-state index is 12.4. The van der Waals surface area contributed by atoms with Crippen LogP contribution in [0.1, 0.15) is 24.0 Å². The monoisotopic (exact) mass is 318 g/mol. The highest BCUT2D eigenvalue weighted by Gasteiger charge is 2.33. The summed E-state index contributed by atoms with van der Waals surface area (Å²) in [5, 5.41) is 10.7. The van der Waals surface area contributed by atoms with Crippen molar-refractivity contribution >= 4 is 16.9 Å². The zero-order valence-corrected chi connectivity index (χ0v) is 13.4. The molecule has 120 valence electrons. The largest absolute Gasteiger partial charge is 0.465 e. The molecular weight excluding hydrogens is 300 g/mol. The Hall–Kier alpha value is -3.06. The van der Waals surface area contributed by atoms with Crippen molar-refractivity contribution in [3.8, 4) is 6.07 Å². The molecule has 0 saturated carbocycles. The van der Waals surface area contributed by atoms with Crippen LogP contribution in [0.2, 0.25) is 0 Å². The van der Waals surface area contributed by atoms with Crippen LogP contribution in [0.3, 0.4) is 0 Å². The highest BCUT2D eigenvalue weighted by Crippen LogP contribution is 2.36. The van der Waals surface area contributed by atoms with Crippen LogP contribution in [-0.4, -0.2) is 17.6 Å². The predicted octanol–water partition coefficient (Wildman–Crippen LogP) is 4.00. The first-order valence-electron chi connectivity index (χ1n) is 7.93. The maximum Gasteiger partial charge on any atom is 0.324 e. The molecule has 1 aromatic heterocycles. The number of benzene rings is 2. The number of para-hydroxylation sites is 1. The summed E-state index contributed by atoms with van der Waals surface area (Å²) >= 11 is 0. The SMILES string of the molecule is CCOC(=O)C(C#N)C(c1ccccc1)c1c[nH]c2ccccc12. The van der Waals surface area contributed by atoms with Gasteiger partial charge in [0.15, 0.2) is 5.92 Å². The number of H-pyrrole nitrogens is 1. The highest BCUT2D eigenvalue weighted by atomic mass is 16.5. The lowest BCUT2D eigenvalue weighted by atomic mass is 9.81. The molecule has 2 atom stereocenters. The lowest BCUT2D eigenvalue weighted by Crippen LogP contribution is -2.24. The van der Waals surface area contributed by atoms with E-state index >= 15 is 0 Å². The topological polar surface area (TPSA) is 65.9 Å². The Morgan fingerprint density at radius 2 is 1.88 bits per heavy atom. The molecule has 0 bridgehead atoms. The van der Waals surface area contributed by atoms with Crippen molar-refractivity contribution in [2.75, 3.05) is 6.61 Å². The third-order valence-electron chi connectivity index (χ3n) is 4.13. The van der Waals surface area contributed by atoms with Crippen molar-refractivity contribution in [2.24, 2.45) is 5.92 Å². The molecule has 1 N–H and O–H groups in total. The van der Waals surface area contributed by atoms with Crippen molar-refractivity contribution in [1.29, 1.82) is 5.26 Å². The Labute approximate surface area is 140 Å². The van der Waals surface area contributed by atoms with Gasteiger partial charge in [0, 0.05) is 23.0 Å². The second-order valence-electron chi connectivity index (χ2n) is 5.54. The van der Waals surface area contributed by atoms with E-state index in [9.17, 15) is 10.1 Å². The Balaban J connectivity index is 2.16. The first-order valence-corrected chi connectivity index (χ1v) is 7.93. The molecule has 3 rings (SSSR count). The minimum atomic E-state index is -0.897. The molecule has 0 spiro atoms. The van der Waals surface area contributed by atoms with Crippen LogP contribution < -0.4 is 0 Å². The second kappa shape index (κ2) is 7.01. The standard InChI is InChI=1S/C20H18N2O2/c1-2-24-20(23)16(12-21)19(14-8-4-3-5-9-14)17-13-22-18-11-7-6-10-15(17)18/h3-11,13,16,19,22H,2H2,1H3. The molecule has 3 aromatic rings. The predicted molar refractivity (Wildman–Crippen MR) is 92.3 cm³/mol. The third-order valence-corrected chi connectivity index (χ3v) is 4.13. The summed E-state index contributed by atoms with van der Waals surface area (Å²) in [5.74, 6) is -1.77. The number of nitriles is 1. The van der Waals surface area contributed by atoms with Gasteiger partial charge in [-0.25, -0.2) is 0 Å². The van der Waals surface area contributed by atoms with Crippen molar-refractivity contribution in [3.05, 3.63) is 71.9 Å². The average Bonchev–Trinajstić information content (AvgIpc) is 3.04. The van der Waals surface area contributed by atoms with E-state index in [1.807, 2.05) is 60.8 Å². The molecule has 2 unspecified atom stereocenters. The molecule has 24 heavy (non-hydrogen) atoms. The summed E-state index contributed by atoms with van der Waals surface area (Å²) in [7, 11) is 0. The van der Waals surface area contributed by atoms with E-state index in [1.54, 1.807) is 6.92 Å². The Kier molecular flexibility index (Phi) is 4.62. The summed E-state index contributed by atoms with van der Waals surface area (Å²) in [6.45, 7) is 2.00. The van der Waals surface area contributed by atoms with Crippen LogP contribution in [0.25, 0.3) is 10.9 Å². The van der Waals surface area contributed by atoms with Gasteiger partial charge in [0.05, 0.1) is 12.7 Å². The maximum atomic E-state index is 12.4. The smallest absolute Gasteiger partial charge is 0.324 e. The zero-order valence-electron chi connectivity index (χ0n) is 13.4.